The van der Waals surface area contributed by atoms with Gasteiger partial charge in [-0.25, -0.2) is 5.43 Å². The van der Waals surface area contributed by atoms with E-state index in [1.165, 1.54) is 25.0 Å². The quantitative estimate of drug-likeness (QED) is 0.657. The van der Waals surface area contributed by atoms with Gasteiger partial charge in [0, 0.05) is 5.56 Å². The fraction of sp³-hybridized carbons (Fsp3) is 0.222. The first-order valence-corrected chi connectivity index (χ1v) is 7.31. The van der Waals surface area contributed by atoms with Crippen LogP contribution in [0.3, 0.4) is 0 Å². The molecule has 2 aromatic rings. The zero-order valence-corrected chi connectivity index (χ0v) is 13.4. The van der Waals surface area contributed by atoms with Gasteiger partial charge in [0.25, 0.3) is 5.91 Å². The summed E-state index contributed by atoms with van der Waals surface area (Å²) in [5.41, 5.74) is 4.91. The van der Waals surface area contributed by atoms with Gasteiger partial charge in [0.05, 0.1) is 13.3 Å². The minimum absolute atomic E-state index is 0.0546. The molecule has 0 aliphatic heterocycles. The standard InChI is InChI=1S/C18H20N2O3/c1-12(2)14-5-7-15(8-6-14)18(22)20-19-11-13-4-9-16(21)17(10-13)23-3/h4-12,21H,1-3H3,(H,20,22). The van der Waals surface area contributed by atoms with E-state index in [0.29, 0.717) is 22.8 Å². The van der Waals surface area contributed by atoms with Crippen molar-refractivity contribution in [2.45, 2.75) is 19.8 Å². The lowest BCUT2D eigenvalue weighted by Gasteiger charge is -2.06. The summed E-state index contributed by atoms with van der Waals surface area (Å²) in [5, 5.41) is 13.4. The van der Waals surface area contributed by atoms with Crippen molar-refractivity contribution in [1.29, 1.82) is 0 Å². The number of nitrogens with zero attached hydrogens (tertiary/aromatic N) is 1. The summed E-state index contributed by atoms with van der Waals surface area (Å²) in [7, 11) is 1.47. The molecular formula is C18H20N2O3. The number of hydrogen-bond donors (Lipinski definition) is 2. The Bertz CT molecular complexity index is 707. The van der Waals surface area contributed by atoms with Crippen molar-refractivity contribution in [3.05, 3.63) is 59.2 Å². The molecule has 0 heterocycles. The Labute approximate surface area is 135 Å². The molecule has 1 amide bonds. The van der Waals surface area contributed by atoms with Crippen molar-refractivity contribution < 1.29 is 14.6 Å². The summed E-state index contributed by atoms with van der Waals surface area (Å²) in [6.45, 7) is 4.20. The van der Waals surface area contributed by atoms with Crippen LogP contribution >= 0.6 is 0 Å². The van der Waals surface area contributed by atoms with Crippen molar-refractivity contribution >= 4 is 12.1 Å². The highest BCUT2D eigenvalue weighted by atomic mass is 16.5. The molecule has 0 aliphatic rings. The third-order valence-electron chi connectivity index (χ3n) is 3.42. The Kier molecular flexibility index (Phi) is 5.36. The molecule has 0 radical (unpaired) electrons. The van der Waals surface area contributed by atoms with Gasteiger partial charge in [-0.2, -0.15) is 5.10 Å². The second kappa shape index (κ2) is 7.45. The van der Waals surface area contributed by atoms with Gasteiger partial charge >= 0.3 is 0 Å². The first kappa shape index (κ1) is 16.5. The molecule has 0 fully saturated rings. The average molecular weight is 312 g/mol. The number of amides is 1. The van der Waals surface area contributed by atoms with E-state index >= 15 is 0 Å². The number of carbonyl (C=O) groups is 1. The molecule has 2 aromatic carbocycles. The van der Waals surface area contributed by atoms with Gasteiger partial charge in [-0.3, -0.25) is 4.79 Å². The molecule has 0 atom stereocenters. The lowest BCUT2D eigenvalue weighted by Crippen LogP contribution is -2.17. The molecule has 5 heteroatoms. The summed E-state index contributed by atoms with van der Waals surface area (Å²) >= 11 is 0. The number of hydrogen-bond acceptors (Lipinski definition) is 4. The number of nitrogens with one attached hydrogen (secondary N) is 1. The van der Waals surface area contributed by atoms with Crippen LogP contribution in [0.5, 0.6) is 11.5 Å². The van der Waals surface area contributed by atoms with Crippen molar-refractivity contribution in [1.82, 2.24) is 5.43 Å². The molecule has 5 nitrogen and oxygen atoms in total. The van der Waals surface area contributed by atoms with Gasteiger partial charge in [-0.05, 0) is 47.4 Å². The van der Waals surface area contributed by atoms with Gasteiger partial charge in [0.1, 0.15) is 0 Å². The minimum atomic E-state index is -0.276. The van der Waals surface area contributed by atoms with Gasteiger partial charge in [-0.1, -0.05) is 26.0 Å². The van der Waals surface area contributed by atoms with Gasteiger partial charge in [0.15, 0.2) is 11.5 Å². The van der Waals surface area contributed by atoms with Crippen molar-refractivity contribution in [2.24, 2.45) is 5.10 Å². The molecule has 2 N–H and O–H groups in total. The number of carbonyl (C=O) groups excluding carboxylic acids is 1. The number of benzene rings is 2. The van der Waals surface area contributed by atoms with Crippen LogP contribution in [0.4, 0.5) is 0 Å². The maximum absolute atomic E-state index is 12.0. The molecule has 0 spiro atoms. The van der Waals surface area contributed by atoms with E-state index in [4.69, 9.17) is 4.74 Å². The zero-order valence-electron chi connectivity index (χ0n) is 13.4. The van der Waals surface area contributed by atoms with E-state index in [9.17, 15) is 9.90 Å². The van der Waals surface area contributed by atoms with Crippen LogP contribution in [-0.4, -0.2) is 24.3 Å². The minimum Gasteiger partial charge on any atom is -0.504 e. The van der Waals surface area contributed by atoms with Crippen LogP contribution in [-0.2, 0) is 0 Å². The molecule has 0 unspecified atom stereocenters. The number of methoxy groups -OCH3 is 1. The van der Waals surface area contributed by atoms with Crippen molar-refractivity contribution in [3.63, 3.8) is 0 Å². The highest BCUT2D eigenvalue weighted by Crippen LogP contribution is 2.25. The van der Waals surface area contributed by atoms with Crippen LogP contribution in [0, 0.1) is 0 Å². The van der Waals surface area contributed by atoms with Crippen molar-refractivity contribution in [2.75, 3.05) is 7.11 Å². The largest absolute Gasteiger partial charge is 0.504 e. The third kappa shape index (κ3) is 4.32. The van der Waals surface area contributed by atoms with Crippen LogP contribution in [0.15, 0.2) is 47.6 Å². The Morgan fingerprint density at radius 1 is 1.22 bits per heavy atom. The molecule has 0 aromatic heterocycles. The van der Waals surface area contributed by atoms with Crippen LogP contribution in [0.1, 0.15) is 41.3 Å². The molecule has 0 aliphatic carbocycles. The van der Waals surface area contributed by atoms with E-state index in [0.717, 1.165) is 0 Å². The van der Waals surface area contributed by atoms with E-state index in [1.54, 1.807) is 24.3 Å². The molecule has 0 saturated carbocycles. The van der Waals surface area contributed by atoms with E-state index in [-0.39, 0.29) is 11.7 Å². The van der Waals surface area contributed by atoms with Crippen LogP contribution in [0.2, 0.25) is 0 Å². The number of phenolic OH excluding ortho intramolecular Hbond substituents is 1. The highest BCUT2D eigenvalue weighted by molar-refractivity contribution is 5.94. The number of phenols is 1. The lowest BCUT2D eigenvalue weighted by atomic mass is 10.0. The average Bonchev–Trinajstić information content (AvgIpc) is 2.56. The predicted molar refractivity (Wildman–Crippen MR) is 90.3 cm³/mol. The summed E-state index contributed by atoms with van der Waals surface area (Å²) in [5.74, 6) is 0.556. The van der Waals surface area contributed by atoms with Gasteiger partial charge < -0.3 is 9.84 Å². The molecule has 23 heavy (non-hydrogen) atoms. The second-order valence-electron chi connectivity index (χ2n) is 5.41. The first-order valence-electron chi connectivity index (χ1n) is 7.31. The maximum atomic E-state index is 12.0. The monoisotopic (exact) mass is 312 g/mol. The molecular weight excluding hydrogens is 292 g/mol. The van der Waals surface area contributed by atoms with Crippen LogP contribution in [0.25, 0.3) is 0 Å². The Balaban J connectivity index is 2.00. The summed E-state index contributed by atoms with van der Waals surface area (Å²) < 4.78 is 5.01. The Morgan fingerprint density at radius 3 is 2.52 bits per heavy atom. The number of ether oxygens (including phenoxy) is 1. The van der Waals surface area contributed by atoms with Crippen LogP contribution < -0.4 is 10.2 Å². The summed E-state index contributed by atoms with van der Waals surface area (Å²) in [4.78, 5) is 12.0. The number of hydrazone groups is 1. The molecule has 2 rings (SSSR count). The molecule has 0 saturated heterocycles. The smallest absolute Gasteiger partial charge is 0.271 e. The lowest BCUT2D eigenvalue weighted by molar-refractivity contribution is 0.0955. The predicted octanol–water partition coefficient (Wildman–Crippen LogP) is 3.29. The maximum Gasteiger partial charge on any atom is 0.271 e. The second-order valence-corrected chi connectivity index (χ2v) is 5.41. The molecule has 0 bridgehead atoms. The topological polar surface area (TPSA) is 70.9 Å². The Hall–Kier alpha value is -2.82. The molecule has 120 valence electrons. The third-order valence-corrected chi connectivity index (χ3v) is 3.42. The number of aromatic hydroxyl groups is 1. The van der Waals surface area contributed by atoms with E-state index < -0.39 is 0 Å². The summed E-state index contributed by atoms with van der Waals surface area (Å²) in [6.07, 6.45) is 1.49. The first-order chi connectivity index (χ1) is 11.0. The normalized spacial score (nSPS) is 11.0. The zero-order chi connectivity index (χ0) is 16.8. The number of rotatable bonds is 5. The Morgan fingerprint density at radius 2 is 1.91 bits per heavy atom. The summed E-state index contributed by atoms with van der Waals surface area (Å²) in [6, 6.07) is 12.2. The van der Waals surface area contributed by atoms with E-state index in [2.05, 4.69) is 24.4 Å². The highest BCUT2D eigenvalue weighted by Gasteiger charge is 2.05. The van der Waals surface area contributed by atoms with Gasteiger partial charge in [0.2, 0.25) is 0 Å². The van der Waals surface area contributed by atoms with E-state index in [1.807, 2.05) is 12.1 Å². The fourth-order valence-corrected chi connectivity index (χ4v) is 2.02. The fourth-order valence-electron chi connectivity index (χ4n) is 2.02. The van der Waals surface area contributed by atoms with Gasteiger partial charge in [-0.15, -0.1) is 0 Å². The van der Waals surface area contributed by atoms with Crippen molar-refractivity contribution in [3.8, 4) is 11.5 Å². The SMILES string of the molecule is COc1cc(C=NNC(=O)c2ccc(C(C)C)cc2)ccc1O.